The molecule has 1 aromatic heterocycles. The Morgan fingerprint density at radius 3 is 2.76 bits per heavy atom. The van der Waals surface area contributed by atoms with Gasteiger partial charge in [0.05, 0.1) is 24.9 Å². The molecule has 1 N–H and O–H groups in total. The molecule has 0 aromatic carbocycles. The summed E-state index contributed by atoms with van der Waals surface area (Å²) in [4.78, 5) is 31.2. The minimum atomic E-state index is 0.0592. The van der Waals surface area contributed by atoms with Crippen LogP contribution in [0, 0.1) is 5.92 Å². The van der Waals surface area contributed by atoms with Crippen LogP contribution in [0.2, 0.25) is 0 Å². The van der Waals surface area contributed by atoms with Crippen LogP contribution >= 0.6 is 0 Å². The summed E-state index contributed by atoms with van der Waals surface area (Å²) in [6.07, 6.45) is 7.46. The maximum atomic E-state index is 12.8. The van der Waals surface area contributed by atoms with Crippen LogP contribution in [0.1, 0.15) is 66.6 Å². The number of carbonyl (C=O) groups excluding carboxylic acids is 2. The first-order valence-electron chi connectivity index (χ1n) is 9.30. The van der Waals surface area contributed by atoms with E-state index >= 15 is 0 Å². The summed E-state index contributed by atoms with van der Waals surface area (Å²) in [6, 6.07) is 2.20. The number of hydrogen-bond acceptors (Lipinski definition) is 4. The zero-order valence-electron chi connectivity index (χ0n) is 14.7. The van der Waals surface area contributed by atoms with Gasteiger partial charge in [0.2, 0.25) is 11.8 Å². The first-order valence-corrected chi connectivity index (χ1v) is 9.30. The van der Waals surface area contributed by atoms with Gasteiger partial charge in [-0.25, -0.2) is 4.98 Å². The molecule has 3 aliphatic rings. The molecule has 0 spiro atoms. The zero-order valence-corrected chi connectivity index (χ0v) is 14.7. The van der Waals surface area contributed by atoms with Gasteiger partial charge in [0, 0.05) is 24.6 Å². The summed E-state index contributed by atoms with van der Waals surface area (Å²) in [5.74, 6) is 1.19. The van der Waals surface area contributed by atoms with Crippen molar-refractivity contribution in [3.8, 4) is 5.88 Å². The Morgan fingerprint density at radius 2 is 2.08 bits per heavy atom. The van der Waals surface area contributed by atoms with Crippen molar-refractivity contribution < 1.29 is 14.3 Å². The zero-order chi connectivity index (χ0) is 17.4. The van der Waals surface area contributed by atoms with E-state index in [4.69, 9.17) is 4.74 Å². The summed E-state index contributed by atoms with van der Waals surface area (Å²) >= 11 is 0. The second kappa shape index (κ2) is 6.65. The van der Waals surface area contributed by atoms with Gasteiger partial charge in [-0.3, -0.25) is 9.59 Å². The van der Waals surface area contributed by atoms with Crippen LogP contribution in [-0.2, 0) is 17.9 Å². The van der Waals surface area contributed by atoms with E-state index in [0.717, 1.165) is 36.9 Å². The van der Waals surface area contributed by atoms with E-state index in [9.17, 15) is 9.59 Å². The van der Waals surface area contributed by atoms with Gasteiger partial charge in [-0.2, -0.15) is 0 Å². The minimum Gasteiger partial charge on any atom is -0.481 e. The molecular formula is C19H25N3O3. The highest BCUT2D eigenvalue weighted by Crippen LogP contribution is 2.34. The molecule has 2 amide bonds. The van der Waals surface area contributed by atoms with Gasteiger partial charge in [0.25, 0.3) is 5.91 Å². The van der Waals surface area contributed by atoms with Crippen molar-refractivity contribution in [1.82, 2.24) is 15.2 Å². The quantitative estimate of drug-likeness (QED) is 0.861. The highest BCUT2D eigenvalue weighted by molar-refractivity contribution is 5.98. The SMILES string of the molecule is COc1nc2c(cc1CNC(=O)CC1CC1)C(=O)N(C1CCCC1)C2. The lowest BCUT2D eigenvalue weighted by atomic mass is 10.1. The van der Waals surface area contributed by atoms with E-state index < -0.39 is 0 Å². The Morgan fingerprint density at radius 1 is 1.32 bits per heavy atom. The number of methoxy groups -OCH3 is 1. The van der Waals surface area contributed by atoms with Crippen LogP contribution in [0.4, 0.5) is 0 Å². The third kappa shape index (κ3) is 3.34. The summed E-state index contributed by atoms with van der Waals surface area (Å²) in [5.41, 5.74) is 2.23. The number of nitrogens with zero attached hydrogens (tertiary/aromatic N) is 2. The molecule has 0 radical (unpaired) electrons. The summed E-state index contributed by atoms with van der Waals surface area (Å²) < 4.78 is 5.40. The van der Waals surface area contributed by atoms with E-state index in [0.29, 0.717) is 42.9 Å². The normalized spacial score (nSPS) is 20.0. The first-order chi connectivity index (χ1) is 12.2. The fraction of sp³-hybridized carbons (Fsp3) is 0.632. The molecule has 134 valence electrons. The number of fused-ring (bicyclic) bond motifs is 1. The number of rotatable bonds is 6. The van der Waals surface area contributed by atoms with Gasteiger partial charge in [-0.1, -0.05) is 12.8 Å². The van der Waals surface area contributed by atoms with Crippen molar-refractivity contribution in [1.29, 1.82) is 0 Å². The topological polar surface area (TPSA) is 71.5 Å². The fourth-order valence-corrected chi connectivity index (χ4v) is 3.93. The lowest BCUT2D eigenvalue weighted by Gasteiger charge is -2.22. The number of carbonyl (C=O) groups is 2. The van der Waals surface area contributed by atoms with Crippen LogP contribution in [0.5, 0.6) is 5.88 Å². The van der Waals surface area contributed by atoms with Crippen LogP contribution < -0.4 is 10.1 Å². The van der Waals surface area contributed by atoms with E-state index in [1.54, 1.807) is 7.11 Å². The van der Waals surface area contributed by atoms with Crippen LogP contribution in [0.15, 0.2) is 6.07 Å². The Bertz CT molecular complexity index is 693. The standard InChI is InChI=1S/C19H25N3O3/c1-25-18-13(10-20-17(23)8-12-6-7-12)9-15-16(21-18)11-22(19(15)24)14-4-2-3-5-14/h9,12,14H,2-8,10-11H2,1H3,(H,20,23). The first kappa shape index (κ1) is 16.4. The molecule has 0 saturated heterocycles. The van der Waals surface area contributed by atoms with Gasteiger partial charge >= 0.3 is 0 Å². The Kier molecular flexibility index (Phi) is 4.36. The fourth-order valence-electron chi connectivity index (χ4n) is 3.93. The average molecular weight is 343 g/mol. The maximum Gasteiger partial charge on any atom is 0.256 e. The lowest BCUT2D eigenvalue weighted by molar-refractivity contribution is -0.121. The number of hydrogen-bond donors (Lipinski definition) is 1. The molecule has 2 saturated carbocycles. The Labute approximate surface area is 147 Å². The molecule has 0 unspecified atom stereocenters. The lowest BCUT2D eigenvalue weighted by Crippen LogP contribution is -2.33. The molecular weight excluding hydrogens is 318 g/mol. The van der Waals surface area contributed by atoms with Crippen LogP contribution in [0.25, 0.3) is 0 Å². The predicted octanol–water partition coefficient (Wildman–Crippen LogP) is 2.40. The number of pyridine rings is 1. The summed E-state index contributed by atoms with van der Waals surface area (Å²) in [7, 11) is 1.58. The van der Waals surface area contributed by atoms with Crippen molar-refractivity contribution in [2.75, 3.05) is 7.11 Å². The third-order valence-corrected chi connectivity index (χ3v) is 5.56. The summed E-state index contributed by atoms with van der Waals surface area (Å²) in [5, 5.41) is 2.93. The number of aromatic nitrogens is 1. The van der Waals surface area contributed by atoms with E-state index in [1.165, 1.54) is 12.8 Å². The molecule has 4 rings (SSSR count). The largest absolute Gasteiger partial charge is 0.481 e. The van der Waals surface area contributed by atoms with E-state index in [-0.39, 0.29) is 11.8 Å². The van der Waals surface area contributed by atoms with Crippen molar-refractivity contribution in [2.45, 2.75) is 64.1 Å². The average Bonchev–Trinajstić information content (AvgIpc) is 3.15. The van der Waals surface area contributed by atoms with Crippen molar-refractivity contribution in [2.24, 2.45) is 5.92 Å². The smallest absolute Gasteiger partial charge is 0.256 e. The summed E-state index contributed by atoms with van der Waals surface area (Å²) in [6.45, 7) is 0.926. The van der Waals surface area contributed by atoms with E-state index in [1.807, 2.05) is 11.0 Å². The van der Waals surface area contributed by atoms with Gasteiger partial charge in [-0.05, 0) is 37.7 Å². The van der Waals surface area contributed by atoms with Gasteiger partial charge < -0.3 is 15.0 Å². The third-order valence-electron chi connectivity index (χ3n) is 5.56. The second-order valence-corrected chi connectivity index (χ2v) is 7.45. The van der Waals surface area contributed by atoms with Crippen molar-refractivity contribution in [3.63, 3.8) is 0 Å². The number of amides is 2. The van der Waals surface area contributed by atoms with Gasteiger partial charge in [0.15, 0.2) is 0 Å². The highest BCUT2D eigenvalue weighted by atomic mass is 16.5. The predicted molar refractivity (Wildman–Crippen MR) is 92.1 cm³/mol. The van der Waals surface area contributed by atoms with Gasteiger partial charge in [0.1, 0.15) is 0 Å². The van der Waals surface area contributed by atoms with E-state index in [2.05, 4.69) is 10.3 Å². The molecule has 0 atom stereocenters. The van der Waals surface area contributed by atoms with Gasteiger partial charge in [-0.15, -0.1) is 0 Å². The molecule has 1 aromatic rings. The van der Waals surface area contributed by atoms with Crippen LogP contribution in [0.3, 0.4) is 0 Å². The molecule has 0 bridgehead atoms. The maximum absolute atomic E-state index is 12.8. The molecule has 6 heteroatoms. The van der Waals surface area contributed by atoms with Crippen molar-refractivity contribution in [3.05, 3.63) is 22.9 Å². The number of ether oxygens (including phenoxy) is 1. The minimum absolute atomic E-state index is 0.0592. The highest BCUT2D eigenvalue weighted by Gasteiger charge is 2.36. The molecule has 2 fully saturated rings. The second-order valence-electron chi connectivity index (χ2n) is 7.45. The van der Waals surface area contributed by atoms with Crippen molar-refractivity contribution >= 4 is 11.8 Å². The molecule has 25 heavy (non-hydrogen) atoms. The molecule has 2 aliphatic carbocycles. The molecule has 1 aliphatic heterocycles. The Hall–Kier alpha value is -2.11. The van der Waals surface area contributed by atoms with Crippen LogP contribution in [-0.4, -0.2) is 34.8 Å². The molecule has 2 heterocycles. The number of nitrogens with one attached hydrogen (secondary N) is 1. The Balaban J connectivity index is 1.49. The molecule has 6 nitrogen and oxygen atoms in total. The monoisotopic (exact) mass is 343 g/mol.